The van der Waals surface area contributed by atoms with E-state index in [1.807, 2.05) is 0 Å². The summed E-state index contributed by atoms with van der Waals surface area (Å²) in [6.07, 6.45) is 5.48. The topological polar surface area (TPSA) is 92.5 Å². The van der Waals surface area contributed by atoms with Crippen LogP contribution in [0.4, 0.5) is 5.69 Å². The number of carbonyl (C=O) groups excluding carboxylic acids is 1. The number of rotatable bonds is 4. The number of hydrogen-bond acceptors (Lipinski definition) is 4. The van der Waals surface area contributed by atoms with E-state index in [0.717, 1.165) is 12.1 Å². The maximum absolute atomic E-state index is 11.7. The maximum atomic E-state index is 11.7. The largest absolute Gasteiger partial charge is 0.502 e. The summed E-state index contributed by atoms with van der Waals surface area (Å²) < 4.78 is 0. The van der Waals surface area contributed by atoms with Gasteiger partial charge in [-0.25, -0.2) is 0 Å². The highest BCUT2D eigenvalue weighted by Crippen LogP contribution is 2.26. The predicted octanol–water partition coefficient (Wildman–Crippen LogP) is 1.44. The van der Waals surface area contributed by atoms with Crippen molar-refractivity contribution in [3.63, 3.8) is 0 Å². The molecule has 1 aromatic rings. The minimum Gasteiger partial charge on any atom is -0.502 e. The van der Waals surface area contributed by atoms with E-state index in [9.17, 15) is 20.0 Å². The third-order valence-corrected chi connectivity index (χ3v) is 2.24. The number of carbonyl (C=O) groups is 1. The van der Waals surface area contributed by atoms with Crippen molar-refractivity contribution in [2.45, 2.75) is 19.4 Å². The number of hydrogen-bond donors (Lipinski definition) is 2. The third-order valence-electron chi connectivity index (χ3n) is 2.24. The second-order valence-corrected chi connectivity index (χ2v) is 3.74. The molecule has 0 heterocycles. The molecule has 6 heteroatoms. The van der Waals surface area contributed by atoms with Crippen LogP contribution in [-0.2, 0) is 0 Å². The first-order valence-electron chi connectivity index (χ1n) is 5.17. The van der Waals surface area contributed by atoms with Crippen LogP contribution in [0.2, 0.25) is 0 Å². The Morgan fingerprint density at radius 3 is 2.83 bits per heavy atom. The van der Waals surface area contributed by atoms with Gasteiger partial charge in [0.25, 0.3) is 5.91 Å². The Morgan fingerprint density at radius 2 is 2.33 bits per heavy atom. The van der Waals surface area contributed by atoms with E-state index in [4.69, 9.17) is 6.42 Å². The lowest BCUT2D eigenvalue weighted by atomic mass is 10.1. The third kappa shape index (κ3) is 3.22. The Bertz CT molecular complexity index is 519. The summed E-state index contributed by atoms with van der Waals surface area (Å²) in [5, 5.41) is 22.5. The van der Waals surface area contributed by atoms with E-state index < -0.39 is 22.3 Å². The number of amides is 1. The second-order valence-electron chi connectivity index (χ2n) is 3.74. The van der Waals surface area contributed by atoms with Gasteiger partial charge in [0.1, 0.15) is 0 Å². The van der Waals surface area contributed by atoms with Gasteiger partial charge in [0, 0.05) is 24.1 Å². The van der Waals surface area contributed by atoms with Gasteiger partial charge in [0.15, 0.2) is 5.75 Å². The maximum Gasteiger partial charge on any atom is 0.310 e. The molecule has 0 aromatic heterocycles. The quantitative estimate of drug-likeness (QED) is 0.479. The normalized spacial score (nSPS) is 11.3. The monoisotopic (exact) mass is 248 g/mol. The molecule has 6 nitrogen and oxygen atoms in total. The van der Waals surface area contributed by atoms with E-state index >= 15 is 0 Å². The second kappa shape index (κ2) is 5.68. The Kier molecular flexibility index (Phi) is 4.27. The summed E-state index contributed by atoms with van der Waals surface area (Å²) in [5.74, 6) is 1.42. The first-order chi connectivity index (χ1) is 8.45. The molecule has 0 aliphatic carbocycles. The molecule has 0 fully saturated rings. The van der Waals surface area contributed by atoms with Gasteiger partial charge in [-0.1, -0.05) is 0 Å². The van der Waals surface area contributed by atoms with Crippen LogP contribution in [0.3, 0.4) is 0 Å². The number of aromatic hydroxyl groups is 1. The van der Waals surface area contributed by atoms with Crippen LogP contribution in [0, 0.1) is 22.5 Å². The zero-order valence-corrected chi connectivity index (χ0v) is 9.71. The van der Waals surface area contributed by atoms with Gasteiger partial charge >= 0.3 is 5.69 Å². The van der Waals surface area contributed by atoms with Crippen LogP contribution in [0.15, 0.2) is 18.2 Å². The fraction of sp³-hybridized carbons (Fsp3) is 0.250. The van der Waals surface area contributed by atoms with Crippen molar-refractivity contribution in [3.8, 4) is 18.1 Å². The average Bonchev–Trinajstić information content (AvgIpc) is 2.28. The van der Waals surface area contributed by atoms with E-state index in [1.54, 1.807) is 6.92 Å². The molecule has 1 rings (SSSR count). The van der Waals surface area contributed by atoms with Gasteiger partial charge in [-0.3, -0.25) is 14.9 Å². The van der Waals surface area contributed by atoms with Crippen LogP contribution < -0.4 is 5.32 Å². The highest BCUT2D eigenvalue weighted by molar-refractivity contribution is 5.95. The first kappa shape index (κ1) is 13.5. The molecule has 2 N–H and O–H groups in total. The van der Waals surface area contributed by atoms with Gasteiger partial charge in [-0.2, -0.15) is 0 Å². The number of phenols is 1. The number of nitro benzene ring substituents is 1. The van der Waals surface area contributed by atoms with Crippen LogP contribution in [0.25, 0.3) is 0 Å². The average molecular weight is 248 g/mol. The van der Waals surface area contributed by atoms with E-state index in [2.05, 4.69) is 11.2 Å². The molecular weight excluding hydrogens is 236 g/mol. The number of nitrogens with one attached hydrogen (secondary N) is 1. The van der Waals surface area contributed by atoms with Gasteiger partial charge in [-0.05, 0) is 19.1 Å². The first-order valence-corrected chi connectivity index (χ1v) is 5.17. The minimum atomic E-state index is -0.724. The predicted molar refractivity (Wildman–Crippen MR) is 65.1 cm³/mol. The van der Waals surface area contributed by atoms with Crippen molar-refractivity contribution >= 4 is 11.6 Å². The van der Waals surface area contributed by atoms with Crippen molar-refractivity contribution in [2.75, 3.05) is 0 Å². The molecule has 0 spiro atoms. The molecule has 0 saturated heterocycles. The Morgan fingerprint density at radius 1 is 1.67 bits per heavy atom. The fourth-order valence-corrected chi connectivity index (χ4v) is 1.35. The highest BCUT2D eigenvalue weighted by atomic mass is 16.6. The molecule has 1 atom stereocenters. The zero-order valence-electron chi connectivity index (χ0n) is 9.71. The molecule has 1 amide bonds. The zero-order chi connectivity index (χ0) is 13.7. The SMILES string of the molecule is C#CCC(C)NC(=O)c1ccc([N+](=O)[O-])c(O)c1. The summed E-state index contributed by atoms with van der Waals surface area (Å²) in [6.45, 7) is 1.74. The van der Waals surface area contributed by atoms with E-state index in [0.29, 0.717) is 6.42 Å². The molecule has 0 aliphatic heterocycles. The lowest BCUT2D eigenvalue weighted by Crippen LogP contribution is -2.32. The molecule has 1 aromatic carbocycles. The van der Waals surface area contributed by atoms with Crippen LogP contribution in [0.1, 0.15) is 23.7 Å². The number of phenolic OH excluding ortho intramolecular Hbond substituents is 1. The summed E-state index contributed by atoms with van der Waals surface area (Å²) in [7, 11) is 0. The molecule has 0 aliphatic rings. The molecule has 94 valence electrons. The lowest BCUT2D eigenvalue weighted by molar-refractivity contribution is -0.385. The summed E-state index contributed by atoms with van der Waals surface area (Å²) >= 11 is 0. The van der Waals surface area contributed by atoms with Gasteiger partial charge in [0.2, 0.25) is 0 Å². The number of benzene rings is 1. The van der Waals surface area contributed by atoms with Gasteiger partial charge in [0.05, 0.1) is 4.92 Å². The standard InChI is InChI=1S/C12H12N2O4/c1-3-4-8(2)13-12(16)9-5-6-10(14(17)18)11(15)7-9/h1,5-8,15H,4H2,2H3,(H,13,16). The smallest absolute Gasteiger partial charge is 0.310 e. The van der Waals surface area contributed by atoms with Gasteiger partial charge < -0.3 is 10.4 Å². The van der Waals surface area contributed by atoms with Gasteiger partial charge in [-0.15, -0.1) is 12.3 Å². The Hall–Kier alpha value is -2.55. The van der Waals surface area contributed by atoms with Crippen LogP contribution in [-0.4, -0.2) is 22.0 Å². The van der Waals surface area contributed by atoms with Crippen molar-refractivity contribution < 1.29 is 14.8 Å². The molecule has 1 unspecified atom stereocenters. The highest BCUT2D eigenvalue weighted by Gasteiger charge is 2.16. The summed E-state index contributed by atoms with van der Waals surface area (Å²) in [4.78, 5) is 21.5. The fourth-order valence-electron chi connectivity index (χ4n) is 1.35. The molecule has 0 radical (unpaired) electrons. The Balaban J connectivity index is 2.85. The Labute approximate surface area is 104 Å². The molecule has 0 saturated carbocycles. The van der Waals surface area contributed by atoms with Crippen molar-refractivity contribution in [1.29, 1.82) is 0 Å². The minimum absolute atomic E-state index is 0.141. The van der Waals surface area contributed by atoms with Crippen LogP contribution in [0.5, 0.6) is 5.75 Å². The number of nitro groups is 1. The van der Waals surface area contributed by atoms with E-state index in [-0.39, 0.29) is 11.6 Å². The molecule has 0 bridgehead atoms. The molecular formula is C12H12N2O4. The number of nitrogens with zero attached hydrogens (tertiary/aromatic N) is 1. The molecule has 18 heavy (non-hydrogen) atoms. The van der Waals surface area contributed by atoms with Crippen molar-refractivity contribution in [1.82, 2.24) is 5.32 Å². The van der Waals surface area contributed by atoms with Crippen molar-refractivity contribution in [2.24, 2.45) is 0 Å². The van der Waals surface area contributed by atoms with Crippen molar-refractivity contribution in [3.05, 3.63) is 33.9 Å². The van der Waals surface area contributed by atoms with Crippen LogP contribution >= 0.6 is 0 Å². The lowest BCUT2D eigenvalue weighted by Gasteiger charge is -2.10. The summed E-state index contributed by atoms with van der Waals surface area (Å²) in [6, 6.07) is 3.20. The van der Waals surface area contributed by atoms with E-state index in [1.165, 1.54) is 6.07 Å². The summed E-state index contributed by atoms with van der Waals surface area (Å²) in [5.41, 5.74) is -0.301. The number of terminal acetylenes is 1.